The molecule has 1 amide bonds. The normalized spacial score (nSPS) is 10.2. The number of carbonyl (C=O) groups excluding carboxylic acids is 1. The zero-order chi connectivity index (χ0) is 15.6. The van der Waals surface area contributed by atoms with Gasteiger partial charge in [-0.15, -0.1) is 0 Å². The molecule has 7 heteroatoms. The quantitative estimate of drug-likeness (QED) is 0.668. The molecule has 0 aliphatic heterocycles. The second kappa shape index (κ2) is 6.01. The number of aryl methyl sites for hydroxylation is 1. The van der Waals surface area contributed by atoms with Crippen molar-refractivity contribution in [3.8, 4) is 0 Å². The van der Waals surface area contributed by atoms with Crippen LogP contribution in [-0.2, 0) is 0 Å². The average molecular weight is 353 g/mol. The van der Waals surface area contributed by atoms with Crippen LogP contribution in [0.4, 0.5) is 15.8 Å². The van der Waals surface area contributed by atoms with Gasteiger partial charge in [-0.25, -0.2) is 4.39 Å². The lowest BCUT2D eigenvalue weighted by Crippen LogP contribution is -2.13. The molecular formula is C14H10BrFN2O3. The van der Waals surface area contributed by atoms with Gasteiger partial charge in [-0.3, -0.25) is 14.9 Å². The van der Waals surface area contributed by atoms with E-state index in [4.69, 9.17) is 0 Å². The van der Waals surface area contributed by atoms with Gasteiger partial charge in [-0.05, 0) is 52.7 Å². The number of rotatable bonds is 3. The van der Waals surface area contributed by atoms with Crippen LogP contribution in [0.5, 0.6) is 0 Å². The maximum absolute atomic E-state index is 13.0. The van der Waals surface area contributed by atoms with Crippen LogP contribution < -0.4 is 5.32 Å². The first kappa shape index (κ1) is 15.1. The molecule has 0 aliphatic carbocycles. The van der Waals surface area contributed by atoms with Crippen molar-refractivity contribution >= 4 is 33.2 Å². The highest BCUT2D eigenvalue weighted by molar-refractivity contribution is 9.10. The highest BCUT2D eigenvalue weighted by atomic mass is 79.9. The van der Waals surface area contributed by atoms with Crippen molar-refractivity contribution in [2.45, 2.75) is 6.92 Å². The number of hydrogen-bond donors (Lipinski definition) is 1. The van der Waals surface area contributed by atoms with Gasteiger partial charge in [0.05, 0.1) is 10.5 Å². The minimum atomic E-state index is -0.505. The predicted molar refractivity (Wildman–Crippen MR) is 79.9 cm³/mol. The third-order valence-electron chi connectivity index (χ3n) is 2.84. The number of hydrogen-bond acceptors (Lipinski definition) is 3. The number of benzene rings is 2. The number of amides is 1. The van der Waals surface area contributed by atoms with E-state index in [2.05, 4.69) is 21.2 Å². The van der Waals surface area contributed by atoms with Gasteiger partial charge in [0, 0.05) is 22.3 Å². The second-order valence-electron chi connectivity index (χ2n) is 4.33. The van der Waals surface area contributed by atoms with E-state index in [1.165, 1.54) is 36.4 Å². The summed E-state index contributed by atoms with van der Waals surface area (Å²) in [5, 5.41) is 13.3. The largest absolute Gasteiger partial charge is 0.322 e. The topological polar surface area (TPSA) is 72.2 Å². The van der Waals surface area contributed by atoms with Crippen molar-refractivity contribution < 1.29 is 14.1 Å². The smallest absolute Gasteiger partial charge is 0.269 e. The van der Waals surface area contributed by atoms with E-state index in [-0.39, 0.29) is 11.3 Å². The van der Waals surface area contributed by atoms with E-state index < -0.39 is 16.6 Å². The molecule has 0 spiro atoms. The SMILES string of the molecule is Cc1cc([N+](=O)[O-])ccc1NC(=O)c1ccc(F)cc1Br. The van der Waals surface area contributed by atoms with Crippen LogP contribution in [0.1, 0.15) is 15.9 Å². The van der Waals surface area contributed by atoms with Gasteiger partial charge < -0.3 is 5.32 Å². The molecular weight excluding hydrogens is 343 g/mol. The average Bonchev–Trinajstić information content (AvgIpc) is 2.40. The molecule has 0 heterocycles. The molecule has 21 heavy (non-hydrogen) atoms. The molecule has 108 valence electrons. The summed E-state index contributed by atoms with van der Waals surface area (Å²) in [4.78, 5) is 22.3. The van der Waals surface area contributed by atoms with Gasteiger partial charge in [0.2, 0.25) is 0 Å². The number of nitrogens with zero attached hydrogens (tertiary/aromatic N) is 1. The number of halogens is 2. The first-order valence-corrected chi connectivity index (χ1v) is 6.69. The molecule has 0 saturated heterocycles. The van der Waals surface area contributed by atoms with Crippen LogP contribution in [-0.4, -0.2) is 10.8 Å². The van der Waals surface area contributed by atoms with E-state index in [0.29, 0.717) is 15.7 Å². The Hall–Kier alpha value is -2.28. The summed E-state index contributed by atoms with van der Waals surface area (Å²) >= 11 is 3.12. The van der Waals surface area contributed by atoms with Gasteiger partial charge in [0.1, 0.15) is 5.82 Å². The Kier molecular flexibility index (Phi) is 4.32. The highest BCUT2D eigenvalue weighted by Gasteiger charge is 2.14. The lowest BCUT2D eigenvalue weighted by Gasteiger charge is -2.09. The van der Waals surface area contributed by atoms with Crippen molar-refractivity contribution in [2.75, 3.05) is 5.32 Å². The van der Waals surface area contributed by atoms with Crippen molar-refractivity contribution in [1.29, 1.82) is 0 Å². The zero-order valence-electron chi connectivity index (χ0n) is 10.9. The van der Waals surface area contributed by atoms with Crippen LogP contribution in [0.2, 0.25) is 0 Å². The zero-order valence-corrected chi connectivity index (χ0v) is 12.5. The molecule has 0 fully saturated rings. The minimum absolute atomic E-state index is 0.0477. The molecule has 0 radical (unpaired) electrons. The third kappa shape index (κ3) is 3.43. The molecule has 5 nitrogen and oxygen atoms in total. The summed E-state index contributed by atoms with van der Waals surface area (Å²) in [6, 6.07) is 7.87. The highest BCUT2D eigenvalue weighted by Crippen LogP contribution is 2.23. The number of nitro groups is 1. The van der Waals surface area contributed by atoms with Gasteiger partial charge in [-0.2, -0.15) is 0 Å². The summed E-state index contributed by atoms with van der Waals surface area (Å²) in [6.45, 7) is 1.66. The Balaban J connectivity index is 2.25. The van der Waals surface area contributed by atoms with Gasteiger partial charge in [-0.1, -0.05) is 0 Å². The van der Waals surface area contributed by atoms with Crippen molar-refractivity contribution in [3.05, 3.63) is 67.9 Å². The summed E-state index contributed by atoms with van der Waals surface area (Å²) < 4.78 is 13.3. The summed E-state index contributed by atoms with van der Waals surface area (Å²) in [6.07, 6.45) is 0. The third-order valence-corrected chi connectivity index (χ3v) is 3.50. The van der Waals surface area contributed by atoms with Crippen LogP contribution in [0, 0.1) is 22.9 Å². The molecule has 2 rings (SSSR count). The molecule has 0 atom stereocenters. The Morgan fingerprint density at radius 2 is 2.00 bits per heavy atom. The molecule has 1 N–H and O–H groups in total. The molecule has 0 aromatic heterocycles. The van der Waals surface area contributed by atoms with Crippen molar-refractivity contribution in [2.24, 2.45) is 0 Å². The number of carbonyl (C=O) groups is 1. The first-order chi connectivity index (χ1) is 9.88. The van der Waals surface area contributed by atoms with Crippen molar-refractivity contribution in [3.63, 3.8) is 0 Å². The fourth-order valence-electron chi connectivity index (χ4n) is 1.76. The fraction of sp³-hybridized carbons (Fsp3) is 0.0714. The monoisotopic (exact) mass is 352 g/mol. The number of anilines is 1. The molecule has 2 aromatic rings. The molecule has 0 bridgehead atoms. The van der Waals surface area contributed by atoms with E-state index in [1.54, 1.807) is 6.92 Å². The first-order valence-electron chi connectivity index (χ1n) is 5.90. The Morgan fingerprint density at radius 1 is 1.29 bits per heavy atom. The van der Waals surface area contributed by atoms with Crippen LogP contribution >= 0.6 is 15.9 Å². The molecule has 0 unspecified atom stereocenters. The van der Waals surface area contributed by atoms with Crippen molar-refractivity contribution in [1.82, 2.24) is 0 Å². The number of nitro benzene ring substituents is 1. The number of nitrogens with one attached hydrogen (secondary N) is 1. The Labute approximate surface area is 128 Å². The summed E-state index contributed by atoms with van der Waals surface area (Å²) in [5.41, 5.74) is 1.25. The maximum atomic E-state index is 13.0. The Morgan fingerprint density at radius 3 is 2.57 bits per heavy atom. The molecule has 0 saturated carbocycles. The lowest BCUT2D eigenvalue weighted by molar-refractivity contribution is -0.384. The van der Waals surface area contributed by atoms with E-state index in [9.17, 15) is 19.3 Å². The predicted octanol–water partition coefficient (Wildman–Crippen LogP) is 4.06. The fourth-order valence-corrected chi connectivity index (χ4v) is 2.30. The standard InChI is InChI=1S/C14H10BrFN2O3/c1-8-6-10(18(20)21)3-5-13(8)17-14(19)11-4-2-9(16)7-12(11)15/h2-7H,1H3,(H,17,19). The van der Waals surface area contributed by atoms with Crippen LogP contribution in [0.3, 0.4) is 0 Å². The summed E-state index contributed by atoms with van der Waals surface area (Å²) in [5.74, 6) is -0.885. The maximum Gasteiger partial charge on any atom is 0.269 e. The van der Waals surface area contributed by atoms with Crippen LogP contribution in [0.25, 0.3) is 0 Å². The van der Waals surface area contributed by atoms with E-state index in [1.807, 2.05) is 0 Å². The molecule has 2 aromatic carbocycles. The Bertz CT molecular complexity index is 734. The van der Waals surface area contributed by atoms with Crippen LogP contribution in [0.15, 0.2) is 40.9 Å². The minimum Gasteiger partial charge on any atom is -0.322 e. The lowest BCUT2D eigenvalue weighted by atomic mass is 10.1. The van der Waals surface area contributed by atoms with Gasteiger partial charge >= 0.3 is 0 Å². The van der Waals surface area contributed by atoms with Gasteiger partial charge in [0.25, 0.3) is 11.6 Å². The second-order valence-corrected chi connectivity index (χ2v) is 5.19. The number of non-ortho nitro benzene ring substituents is 1. The summed E-state index contributed by atoms with van der Waals surface area (Å²) in [7, 11) is 0. The molecule has 0 aliphatic rings. The van der Waals surface area contributed by atoms with Gasteiger partial charge in [0.15, 0.2) is 0 Å². The van der Waals surface area contributed by atoms with E-state index >= 15 is 0 Å². The van der Waals surface area contributed by atoms with E-state index in [0.717, 1.165) is 0 Å².